The first-order valence-electron chi connectivity index (χ1n) is 2.18. The van der Waals surface area contributed by atoms with E-state index >= 15 is 0 Å². The molecule has 0 saturated heterocycles. The minimum atomic E-state index is -1.72. The Balaban J connectivity index is 0. The Morgan fingerprint density at radius 1 is 1.50 bits per heavy atom. The third-order valence-corrected chi connectivity index (χ3v) is 0.866. The van der Waals surface area contributed by atoms with Crippen molar-refractivity contribution in [3.8, 4) is 0 Å². The summed E-state index contributed by atoms with van der Waals surface area (Å²) in [5, 5.41) is 0. The van der Waals surface area contributed by atoms with Crippen LogP contribution < -0.4 is 0 Å². The highest BCUT2D eigenvalue weighted by molar-refractivity contribution is 7.54. The molecule has 0 aliphatic heterocycles. The summed E-state index contributed by atoms with van der Waals surface area (Å²) in [5.74, 6) is 0. The predicted molar refractivity (Wildman–Crippen MR) is 49.7 cm³/mol. The van der Waals surface area contributed by atoms with Gasteiger partial charge in [0.1, 0.15) is 0 Å². The van der Waals surface area contributed by atoms with E-state index in [1.54, 1.807) is 0 Å². The van der Waals surface area contributed by atoms with Gasteiger partial charge >= 0.3 is 6.73 Å². The zero-order valence-electron chi connectivity index (χ0n) is 4.70. The average molecular weight is 208 g/mol. The van der Waals surface area contributed by atoms with Crippen molar-refractivity contribution in [2.24, 2.45) is 0 Å². The normalized spacial score (nSPS) is 8.00. The van der Waals surface area contributed by atoms with E-state index in [2.05, 4.69) is 6.58 Å². The Morgan fingerprint density at radius 3 is 1.62 bits per heavy atom. The molecule has 0 atom stereocenters. The first kappa shape index (κ1) is 11.8. The van der Waals surface area contributed by atoms with Gasteiger partial charge in [0.15, 0.2) is 0 Å². The van der Waals surface area contributed by atoms with E-state index in [1.807, 2.05) is 6.08 Å². The number of hydrogen-bond acceptors (Lipinski definition) is 0. The van der Waals surface area contributed by atoms with E-state index < -0.39 is 6.73 Å². The van der Waals surface area contributed by atoms with Crippen molar-refractivity contribution in [3.05, 3.63) is 12.7 Å². The lowest BCUT2D eigenvalue weighted by Crippen LogP contribution is -1.66. The fourth-order valence-corrected chi connectivity index (χ4v) is 0. The fourth-order valence-electron chi connectivity index (χ4n) is 0. The highest BCUT2D eigenvalue weighted by Gasteiger charge is 1.85. The van der Waals surface area contributed by atoms with Crippen molar-refractivity contribution in [1.29, 1.82) is 0 Å². The second-order valence-corrected chi connectivity index (χ2v) is 8.19. The van der Waals surface area contributed by atoms with Gasteiger partial charge in [-0.1, -0.05) is 6.08 Å². The number of hydrogen-bond donors (Lipinski definition) is 0. The van der Waals surface area contributed by atoms with E-state index in [1.165, 1.54) is 16.3 Å². The van der Waals surface area contributed by atoms with Gasteiger partial charge in [0.05, 0.1) is 0 Å². The summed E-state index contributed by atoms with van der Waals surface area (Å²) in [7, 11) is 1.27. The molecule has 0 N–H and O–H groups in total. The smallest absolute Gasteiger partial charge is 0.130 e. The molecule has 0 aromatic carbocycles. The largest absolute Gasteiger partial charge is 0.326 e. The van der Waals surface area contributed by atoms with Crippen LogP contribution in [0.15, 0.2) is 12.7 Å². The molecule has 0 radical (unpaired) electrons. The van der Waals surface area contributed by atoms with Crippen LogP contribution in [0.1, 0.15) is 0 Å². The molecule has 0 spiro atoms. The van der Waals surface area contributed by atoms with Crippen LogP contribution in [-0.4, -0.2) is 17.0 Å². The third kappa shape index (κ3) is 61.6. The maximum Gasteiger partial charge on any atom is 0.326 e. The lowest BCUT2D eigenvalue weighted by molar-refractivity contribution is 1.76. The Bertz CT molecular complexity index is 45.0. The zero-order valence-corrected chi connectivity index (χ0v) is 10.1. The third-order valence-electron chi connectivity index (χ3n) is 0.289. The predicted octanol–water partition coefficient (Wildman–Crippen LogP) is 1.38. The molecule has 0 rings (SSSR count). The second kappa shape index (κ2) is 10.9. The molecule has 0 aromatic heterocycles. The molecule has 0 heterocycles. The van der Waals surface area contributed by atoms with Gasteiger partial charge in [-0.2, -0.15) is 0 Å². The summed E-state index contributed by atoms with van der Waals surface area (Å²) in [5.41, 5.74) is 0. The molecular formula is C3H9Cl3Si2. The molecule has 5 heteroatoms. The summed E-state index contributed by atoms with van der Waals surface area (Å²) < 4.78 is 0. The maximum atomic E-state index is 4.94. The topological polar surface area (TPSA) is 0 Å². The lowest BCUT2D eigenvalue weighted by Gasteiger charge is -1.65. The SMILES string of the molecule is C=CC[SiH3].Cl[SiH](Cl)Cl. The van der Waals surface area contributed by atoms with Crippen LogP contribution in [0, 0.1) is 0 Å². The quantitative estimate of drug-likeness (QED) is 0.346. The Labute approximate surface area is 69.0 Å². The van der Waals surface area contributed by atoms with Crippen LogP contribution in [0.25, 0.3) is 0 Å². The summed E-state index contributed by atoms with van der Waals surface area (Å²) in [6.07, 6.45) is 1.94. The van der Waals surface area contributed by atoms with Gasteiger partial charge in [-0.15, -0.1) is 39.8 Å². The van der Waals surface area contributed by atoms with Crippen LogP contribution in [-0.2, 0) is 0 Å². The number of allylic oxidation sites excluding steroid dienone is 1. The van der Waals surface area contributed by atoms with Gasteiger partial charge in [0.25, 0.3) is 0 Å². The van der Waals surface area contributed by atoms with Crippen molar-refractivity contribution < 1.29 is 0 Å². The van der Waals surface area contributed by atoms with Crippen LogP contribution in [0.4, 0.5) is 0 Å². The summed E-state index contributed by atoms with van der Waals surface area (Å²) >= 11 is 14.8. The fraction of sp³-hybridized carbons (Fsp3) is 0.333. The highest BCUT2D eigenvalue weighted by Crippen LogP contribution is 1.97. The van der Waals surface area contributed by atoms with Gasteiger partial charge < -0.3 is 0 Å². The van der Waals surface area contributed by atoms with Gasteiger partial charge in [0.2, 0.25) is 0 Å². The number of halogens is 3. The lowest BCUT2D eigenvalue weighted by atomic mass is 10.8. The summed E-state index contributed by atoms with van der Waals surface area (Å²) in [6.45, 7) is 1.79. The van der Waals surface area contributed by atoms with Crippen molar-refractivity contribution in [2.75, 3.05) is 0 Å². The molecule has 0 aromatic rings. The summed E-state index contributed by atoms with van der Waals surface area (Å²) in [6, 6.07) is 1.22. The van der Waals surface area contributed by atoms with Crippen LogP contribution in [0.3, 0.4) is 0 Å². The minimum absolute atomic E-state index is 1.22. The standard InChI is InChI=1S/C3H8Si.Cl3HSi/c1-2-3-4;1-4(2)3/h2H,1,3H2,4H3;4H. The average Bonchev–Trinajstić information content (AvgIpc) is 1.65. The molecule has 0 amide bonds. The van der Waals surface area contributed by atoms with E-state index in [4.69, 9.17) is 33.2 Å². The molecule has 0 aliphatic rings. The van der Waals surface area contributed by atoms with Crippen molar-refractivity contribution in [3.63, 3.8) is 0 Å². The van der Waals surface area contributed by atoms with E-state index in [-0.39, 0.29) is 0 Å². The first-order valence-corrected chi connectivity index (χ1v) is 8.83. The van der Waals surface area contributed by atoms with Crippen LogP contribution >= 0.6 is 33.2 Å². The van der Waals surface area contributed by atoms with Gasteiger partial charge in [-0.3, -0.25) is 0 Å². The molecular weight excluding hydrogens is 199 g/mol. The molecule has 0 saturated carbocycles. The molecule has 8 heavy (non-hydrogen) atoms. The van der Waals surface area contributed by atoms with Crippen LogP contribution in [0.2, 0.25) is 6.04 Å². The molecule has 0 bridgehead atoms. The van der Waals surface area contributed by atoms with Gasteiger partial charge in [-0.05, 0) is 6.04 Å². The van der Waals surface area contributed by atoms with Crippen molar-refractivity contribution in [1.82, 2.24) is 0 Å². The Hall–Kier alpha value is 1.04. The Kier molecular flexibility index (Phi) is 16.1. The maximum absolute atomic E-state index is 4.94. The van der Waals surface area contributed by atoms with Gasteiger partial charge in [0, 0.05) is 10.2 Å². The van der Waals surface area contributed by atoms with Crippen molar-refractivity contribution >= 4 is 50.2 Å². The monoisotopic (exact) mass is 206 g/mol. The zero-order chi connectivity index (χ0) is 6.99. The molecule has 0 aliphatic carbocycles. The highest BCUT2D eigenvalue weighted by atomic mass is 35.8. The molecule has 0 nitrogen and oxygen atoms in total. The van der Waals surface area contributed by atoms with E-state index in [9.17, 15) is 0 Å². The summed E-state index contributed by atoms with van der Waals surface area (Å²) in [4.78, 5) is 0. The number of rotatable bonds is 1. The van der Waals surface area contributed by atoms with E-state index in [0.717, 1.165) is 0 Å². The van der Waals surface area contributed by atoms with E-state index in [0.29, 0.717) is 0 Å². The van der Waals surface area contributed by atoms with Gasteiger partial charge in [-0.25, -0.2) is 0 Å². The molecule has 0 unspecified atom stereocenters. The van der Waals surface area contributed by atoms with Crippen LogP contribution in [0.5, 0.6) is 0 Å². The molecule has 50 valence electrons. The Morgan fingerprint density at radius 2 is 1.62 bits per heavy atom. The first-order chi connectivity index (χ1) is 3.65. The molecule has 0 fully saturated rings. The van der Waals surface area contributed by atoms with Crippen molar-refractivity contribution in [2.45, 2.75) is 6.04 Å². The minimum Gasteiger partial charge on any atom is -0.130 e. The second-order valence-electron chi connectivity index (χ2n) is 0.944.